The molecule has 1 fully saturated rings. The number of anilines is 1. The zero-order valence-corrected chi connectivity index (χ0v) is 12.5. The van der Waals surface area contributed by atoms with Crippen LogP contribution in [-0.2, 0) is 14.3 Å². The number of allylic oxidation sites excluding steroid dienone is 2. The van der Waals surface area contributed by atoms with Crippen LogP contribution in [0.3, 0.4) is 0 Å². The second-order valence-electron chi connectivity index (χ2n) is 5.71. The number of fused-ring (bicyclic) bond motifs is 1. The summed E-state index contributed by atoms with van der Waals surface area (Å²) in [7, 11) is 1.31. The number of methoxy groups -OCH3 is 1. The minimum Gasteiger partial charge on any atom is -0.465 e. The first-order valence-corrected chi connectivity index (χ1v) is 7.27. The van der Waals surface area contributed by atoms with Crippen molar-refractivity contribution in [3.05, 3.63) is 42.0 Å². The van der Waals surface area contributed by atoms with E-state index in [1.165, 1.54) is 12.0 Å². The monoisotopic (exact) mass is 299 g/mol. The molecule has 0 N–H and O–H groups in total. The summed E-state index contributed by atoms with van der Waals surface area (Å²) in [6, 6.07) is 6.34. The first-order chi connectivity index (χ1) is 10.5. The van der Waals surface area contributed by atoms with Gasteiger partial charge in [-0.2, -0.15) is 0 Å². The van der Waals surface area contributed by atoms with Gasteiger partial charge in [0.25, 0.3) is 0 Å². The predicted octanol–water partition coefficient (Wildman–Crippen LogP) is 2.17. The number of ether oxygens (including phenoxy) is 1. The van der Waals surface area contributed by atoms with Gasteiger partial charge in [0.2, 0.25) is 11.8 Å². The Morgan fingerprint density at radius 3 is 2.45 bits per heavy atom. The van der Waals surface area contributed by atoms with Crippen LogP contribution in [-0.4, -0.2) is 24.9 Å². The van der Waals surface area contributed by atoms with E-state index in [9.17, 15) is 14.4 Å². The largest absolute Gasteiger partial charge is 0.465 e. The van der Waals surface area contributed by atoms with E-state index in [0.717, 1.165) is 0 Å². The molecule has 5 nitrogen and oxygen atoms in total. The molecule has 5 heteroatoms. The minimum absolute atomic E-state index is 0.0644. The van der Waals surface area contributed by atoms with Gasteiger partial charge in [-0.25, -0.2) is 4.79 Å². The van der Waals surface area contributed by atoms with Crippen molar-refractivity contribution in [1.82, 2.24) is 0 Å². The molecule has 1 aromatic rings. The summed E-state index contributed by atoms with van der Waals surface area (Å²) in [5, 5.41) is 0. The Hall–Kier alpha value is -2.43. The summed E-state index contributed by atoms with van der Waals surface area (Å²) >= 11 is 0. The number of benzene rings is 1. The fraction of sp³-hybridized carbons (Fsp3) is 0.353. The van der Waals surface area contributed by atoms with Crippen molar-refractivity contribution in [3.8, 4) is 0 Å². The third kappa shape index (κ3) is 2.13. The van der Waals surface area contributed by atoms with E-state index in [1.54, 1.807) is 24.3 Å². The lowest BCUT2D eigenvalue weighted by Gasteiger charge is -2.22. The molecule has 3 atom stereocenters. The van der Waals surface area contributed by atoms with Crippen LogP contribution < -0.4 is 4.90 Å². The van der Waals surface area contributed by atoms with Crippen LogP contribution in [0, 0.1) is 17.8 Å². The first-order valence-electron chi connectivity index (χ1n) is 7.27. The molecular formula is C17H17NO4. The topological polar surface area (TPSA) is 63.7 Å². The molecule has 1 aliphatic heterocycles. The van der Waals surface area contributed by atoms with Gasteiger partial charge in [0.15, 0.2) is 0 Å². The number of rotatable bonds is 2. The number of nitrogens with zero attached hydrogens (tertiary/aromatic N) is 1. The van der Waals surface area contributed by atoms with Crippen LogP contribution >= 0.6 is 0 Å². The second kappa shape index (κ2) is 5.40. The van der Waals surface area contributed by atoms with Crippen molar-refractivity contribution < 1.29 is 19.1 Å². The maximum absolute atomic E-state index is 12.6. The summed E-state index contributed by atoms with van der Waals surface area (Å²) in [6.07, 6.45) is 4.58. The van der Waals surface area contributed by atoms with Crippen LogP contribution in [0.5, 0.6) is 0 Å². The number of carbonyl (C=O) groups is 3. The lowest BCUT2D eigenvalue weighted by atomic mass is 9.78. The Bertz CT molecular complexity index is 662. The van der Waals surface area contributed by atoms with Crippen LogP contribution in [0.25, 0.3) is 0 Å². The zero-order chi connectivity index (χ0) is 15.9. The molecule has 2 amide bonds. The molecule has 114 valence electrons. The van der Waals surface area contributed by atoms with E-state index in [-0.39, 0.29) is 29.6 Å². The number of amides is 2. The van der Waals surface area contributed by atoms with Crippen molar-refractivity contribution in [2.24, 2.45) is 17.8 Å². The highest BCUT2D eigenvalue weighted by molar-refractivity contribution is 6.22. The summed E-state index contributed by atoms with van der Waals surface area (Å²) < 4.78 is 4.64. The van der Waals surface area contributed by atoms with E-state index in [0.29, 0.717) is 17.7 Å². The van der Waals surface area contributed by atoms with Crippen molar-refractivity contribution >= 4 is 23.5 Å². The predicted molar refractivity (Wildman–Crippen MR) is 80.2 cm³/mol. The fourth-order valence-corrected chi connectivity index (χ4v) is 3.27. The maximum Gasteiger partial charge on any atom is 0.337 e. The molecule has 1 heterocycles. The quantitative estimate of drug-likeness (QED) is 0.477. The van der Waals surface area contributed by atoms with Gasteiger partial charge in [-0.15, -0.1) is 0 Å². The van der Waals surface area contributed by atoms with E-state index >= 15 is 0 Å². The number of hydrogen-bond acceptors (Lipinski definition) is 4. The van der Waals surface area contributed by atoms with Crippen molar-refractivity contribution in [2.45, 2.75) is 13.3 Å². The zero-order valence-electron chi connectivity index (χ0n) is 12.5. The average molecular weight is 299 g/mol. The van der Waals surface area contributed by atoms with Gasteiger partial charge in [-0.05, 0) is 36.6 Å². The molecule has 0 unspecified atom stereocenters. The molecule has 0 spiro atoms. The summed E-state index contributed by atoms with van der Waals surface area (Å²) in [4.78, 5) is 37.9. The van der Waals surface area contributed by atoms with Gasteiger partial charge < -0.3 is 4.74 Å². The fourth-order valence-electron chi connectivity index (χ4n) is 3.27. The van der Waals surface area contributed by atoms with Crippen molar-refractivity contribution in [3.63, 3.8) is 0 Å². The molecule has 1 aliphatic carbocycles. The van der Waals surface area contributed by atoms with Gasteiger partial charge in [0.05, 0.1) is 30.2 Å². The Morgan fingerprint density at radius 1 is 1.18 bits per heavy atom. The number of hydrogen-bond donors (Lipinski definition) is 0. The lowest BCUT2D eigenvalue weighted by molar-refractivity contribution is -0.122. The van der Waals surface area contributed by atoms with Crippen LogP contribution in [0.2, 0.25) is 0 Å². The van der Waals surface area contributed by atoms with Crippen molar-refractivity contribution in [1.29, 1.82) is 0 Å². The third-order valence-electron chi connectivity index (χ3n) is 4.42. The maximum atomic E-state index is 12.6. The molecular weight excluding hydrogens is 282 g/mol. The summed E-state index contributed by atoms with van der Waals surface area (Å²) in [6.45, 7) is 1.96. The molecule has 1 aromatic carbocycles. The Kier molecular flexibility index (Phi) is 3.56. The van der Waals surface area contributed by atoms with Gasteiger partial charge in [0, 0.05) is 0 Å². The van der Waals surface area contributed by atoms with Gasteiger partial charge in [-0.1, -0.05) is 19.1 Å². The first kappa shape index (κ1) is 14.5. The normalized spacial score (nSPS) is 27.0. The number of carbonyl (C=O) groups excluding carboxylic acids is 3. The number of imide groups is 1. The highest BCUT2D eigenvalue weighted by Gasteiger charge is 2.50. The highest BCUT2D eigenvalue weighted by atomic mass is 16.5. The van der Waals surface area contributed by atoms with Gasteiger partial charge >= 0.3 is 5.97 Å². The summed E-state index contributed by atoms with van der Waals surface area (Å²) in [5.74, 6) is -1.24. The lowest BCUT2D eigenvalue weighted by Crippen LogP contribution is -2.31. The average Bonchev–Trinajstić information content (AvgIpc) is 2.79. The summed E-state index contributed by atoms with van der Waals surface area (Å²) in [5.41, 5.74) is 0.891. The Balaban J connectivity index is 1.91. The highest BCUT2D eigenvalue weighted by Crippen LogP contribution is 2.40. The van der Waals surface area contributed by atoms with Gasteiger partial charge in [-0.3, -0.25) is 14.5 Å². The third-order valence-corrected chi connectivity index (χ3v) is 4.42. The smallest absolute Gasteiger partial charge is 0.337 e. The SMILES string of the molecule is COC(=O)c1ccc(N2C(=O)[C@@H]3[C@@H](C)C=CC[C@H]3C2=O)cc1. The molecule has 22 heavy (non-hydrogen) atoms. The van der Waals surface area contributed by atoms with Crippen LogP contribution in [0.15, 0.2) is 36.4 Å². The minimum atomic E-state index is -0.447. The van der Waals surface area contributed by atoms with E-state index in [1.807, 2.05) is 19.1 Å². The molecule has 0 radical (unpaired) electrons. The van der Waals surface area contributed by atoms with E-state index < -0.39 is 5.97 Å². The molecule has 2 aliphatic rings. The number of esters is 1. The molecule has 0 saturated carbocycles. The molecule has 0 bridgehead atoms. The molecule has 1 saturated heterocycles. The molecule has 3 rings (SSSR count). The van der Waals surface area contributed by atoms with Gasteiger partial charge in [0.1, 0.15) is 0 Å². The van der Waals surface area contributed by atoms with E-state index in [4.69, 9.17) is 0 Å². The van der Waals surface area contributed by atoms with Crippen LogP contribution in [0.1, 0.15) is 23.7 Å². The second-order valence-corrected chi connectivity index (χ2v) is 5.71. The Morgan fingerprint density at radius 2 is 1.86 bits per heavy atom. The van der Waals surface area contributed by atoms with Crippen LogP contribution in [0.4, 0.5) is 5.69 Å². The molecule has 0 aromatic heterocycles. The van der Waals surface area contributed by atoms with E-state index in [2.05, 4.69) is 4.74 Å². The van der Waals surface area contributed by atoms with Crippen molar-refractivity contribution in [2.75, 3.05) is 12.0 Å². The standard InChI is InChI=1S/C17H17NO4/c1-10-4-3-5-13-14(10)16(20)18(15(13)19)12-8-6-11(7-9-12)17(21)22-2/h3-4,6-10,13-14H,5H2,1-2H3/t10-,13+,14+/m0/s1. The Labute approximate surface area is 128 Å².